The molecule has 1 aromatic carbocycles. The Balaban J connectivity index is 1.70. The lowest BCUT2D eigenvalue weighted by Crippen LogP contribution is -2.26. The van der Waals surface area contributed by atoms with Crippen LogP contribution in [0.1, 0.15) is 38.4 Å². The number of pyridine rings is 1. The molecule has 0 saturated heterocycles. The first-order valence-corrected chi connectivity index (χ1v) is 8.07. The van der Waals surface area contributed by atoms with Crippen LogP contribution in [-0.2, 0) is 17.9 Å². The van der Waals surface area contributed by atoms with E-state index in [4.69, 9.17) is 10.8 Å². The highest BCUT2D eigenvalue weighted by atomic mass is 16.4. The van der Waals surface area contributed by atoms with Crippen LogP contribution in [0.25, 0.3) is 0 Å². The van der Waals surface area contributed by atoms with E-state index in [2.05, 4.69) is 10.3 Å². The molecule has 2 aromatic rings. The molecular weight excluding hydrogens is 336 g/mol. The molecular formula is C18H18N4O4. The van der Waals surface area contributed by atoms with Crippen molar-refractivity contribution >= 4 is 23.6 Å². The largest absolute Gasteiger partial charge is 0.481 e. The zero-order valence-electron chi connectivity index (χ0n) is 13.9. The number of aliphatic carboxylic acids is 1. The first-order valence-electron chi connectivity index (χ1n) is 8.07. The van der Waals surface area contributed by atoms with E-state index in [0.717, 1.165) is 5.56 Å². The summed E-state index contributed by atoms with van der Waals surface area (Å²) in [6.07, 6.45) is -0.156. The molecule has 0 saturated carbocycles. The number of anilines is 1. The molecule has 0 aliphatic carbocycles. The third-order valence-electron chi connectivity index (χ3n) is 4.06. The number of hydrogen-bond donors (Lipinski definition) is 3. The van der Waals surface area contributed by atoms with E-state index in [9.17, 15) is 14.4 Å². The Hall–Kier alpha value is -3.42. The number of carbonyl (C=O) groups is 3. The van der Waals surface area contributed by atoms with Crippen molar-refractivity contribution in [3.8, 4) is 0 Å². The Morgan fingerprint density at radius 3 is 2.81 bits per heavy atom. The maximum absolute atomic E-state index is 12.6. The van der Waals surface area contributed by atoms with E-state index >= 15 is 0 Å². The number of carbonyl (C=O) groups excluding carboxylic acids is 2. The molecule has 1 aromatic heterocycles. The molecule has 1 aliphatic heterocycles. The molecule has 3 rings (SSSR count). The van der Waals surface area contributed by atoms with Crippen LogP contribution < -0.4 is 11.1 Å². The van der Waals surface area contributed by atoms with E-state index in [1.165, 1.54) is 0 Å². The van der Waals surface area contributed by atoms with Crippen molar-refractivity contribution < 1.29 is 19.5 Å². The van der Waals surface area contributed by atoms with Gasteiger partial charge in [-0.05, 0) is 29.8 Å². The van der Waals surface area contributed by atoms with Gasteiger partial charge in [-0.15, -0.1) is 0 Å². The molecule has 26 heavy (non-hydrogen) atoms. The van der Waals surface area contributed by atoms with Crippen molar-refractivity contribution in [1.82, 2.24) is 15.2 Å². The summed E-state index contributed by atoms with van der Waals surface area (Å²) in [7, 11) is 0. The van der Waals surface area contributed by atoms with Crippen LogP contribution in [0.3, 0.4) is 0 Å². The van der Waals surface area contributed by atoms with Gasteiger partial charge in [-0.1, -0.05) is 12.1 Å². The van der Waals surface area contributed by atoms with Gasteiger partial charge in [0.05, 0.1) is 18.7 Å². The number of nitrogens with zero attached hydrogens (tertiary/aromatic N) is 2. The highest BCUT2D eigenvalue weighted by Gasteiger charge is 2.28. The maximum Gasteiger partial charge on any atom is 0.305 e. The van der Waals surface area contributed by atoms with Crippen molar-refractivity contribution in [2.75, 3.05) is 12.3 Å². The van der Waals surface area contributed by atoms with Crippen molar-refractivity contribution in [1.29, 1.82) is 0 Å². The van der Waals surface area contributed by atoms with Crippen molar-refractivity contribution in [3.05, 3.63) is 58.8 Å². The number of carboxylic acids is 1. The van der Waals surface area contributed by atoms with Crippen LogP contribution in [0.5, 0.6) is 0 Å². The number of nitrogen functional groups attached to an aromatic ring is 1. The normalized spacial score (nSPS) is 12.8. The second-order valence-corrected chi connectivity index (χ2v) is 5.99. The van der Waals surface area contributed by atoms with Gasteiger partial charge in [0, 0.05) is 24.2 Å². The smallest absolute Gasteiger partial charge is 0.305 e. The summed E-state index contributed by atoms with van der Waals surface area (Å²) in [5.74, 6) is -1.17. The lowest BCUT2D eigenvalue weighted by molar-refractivity contribution is -0.136. The van der Waals surface area contributed by atoms with Crippen LogP contribution >= 0.6 is 0 Å². The van der Waals surface area contributed by atoms with Crippen LogP contribution in [0, 0.1) is 0 Å². The number of rotatable bonds is 6. The van der Waals surface area contributed by atoms with Gasteiger partial charge in [0.25, 0.3) is 11.8 Å². The Kier molecular flexibility index (Phi) is 4.83. The van der Waals surface area contributed by atoms with Gasteiger partial charge in [0.15, 0.2) is 0 Å². The van der Waals surface area contributed by atoms with E-state index in [-0.39, 0.29) is 18.9 Å². The summed E-state index contributed by atoms with van der Waals surface area (Å²) in [5.41, 5.74) is 7.99. The fourth-order valence-corrected chi connectivity index (χ4v) is 2.80. The summed E-state index contributed by atoms with van der Waals surface area (Å²) in [6, 6.07) is 10.2. The van der Waals surface area contributed by atoms with Gasteiger partial charge in [-0.3, -0.25) is 14.4 Å². The van der Waals surface area contributed by atoms with E-state index in [0.29, 0.717) is 35.7 Å². The maximum atomic E-state index is 12.6. The third kappa shape index (κ3) is 3.80. The minimum absolute atomic E-state index is 0.0341. The summed E-state index contributed by atoms with van der Waals surface area (Å²) in [6.45, 7) is 0.802. The highest BCUT2D eigenvalue weighted by Crippen LogP contribution is 2.25. The fourth-order valence-electron chi connectivity index (χ4n) is 2.80. The third-order valence-corrected chi connectivity index (χ3v) is 4.06. The highest BCUT2D eigenvalue weighted by molar-refractivity contribution is 6.02. The Morgan fingerprint density at radius 2 is 2.08 bits per heavy atom. The first-order chi connectivity index (χ1) is 12.4. The van der Waals surface area contributed by atoms with Crippen LogP contribution in [-0.4, -0.2) is 39.3 Å². The average Bonchev–Trinajstić information content (AvgIpc) is 2.90. The zero-order chi connectivity index (χ0) is 18.7. The van der Waals surface area contributed by atoms with Gasteiger partial charge in [0.2, 0.25) is 0 Å². The van der Waals surface area contributed by atoms with Crippen molar-refractivity contribution in [2.45, 2.75) is 19.5 Å². The second-order valence-electron chi connectivity index (χ2n) is 5.99. The Morgan fingerprint density at radius 1 is 1.27 bits per heavy atom. The minimum atomic E-state index is -0.986. The van der Waals surface area contributed by atoms with Gasteiger partial charge >= 0.3 is 5.97 Å². The molecule has 0 atom stereocenters. The van der Waals surface area contributed by atoms with Crippen LogP contribution in [0.4, 0.5) is 5.82 Å². The van der Waals surface area contributed by atoms with Crippen molar-refractivity contribution in [2.24, 2.45) is 0 Å². The summed E-state index contributed by atoms with van der Waals surface area (Å²) in [5, 5.41) is 11.1. The predicted molar refractivity (Wildman–Crippen MR) is 93.3 cm³/mol. The van der Waals surface area contributed by atoms with Gasteiger partial charge in [-0.25, -0.2) is 4.98 Å². The second kappa shape index (κ2) is 7.22. The summed E-state index contributed by atoms with van der Waals surface area (Å²) in [4.78, 5) is 41.1. The molecule has 2 heterocycles. The topological polar surface area (TPSA) is 126 Å². The number of nitrogens with two attached hydrogens (primary N) is 1. The van der Waals surface area contributed by atoms with Crippen LogP contribution in [0.15, 0.2) is 36.4 Å². The Labute approximate surface area is 149 Å². The molecule has 1 aliphatic rings. The van der Waals surface area contributed by atoms with Crippen LogP contribution in [0.2, 0.25) is 0 Å². The lowest BCUT2D eigenvalue weighted by Gasteiger charge is -2.15. The molecule has 0 unspecified atom stereocenters. The SMILES string of the molecule is Nc1cccc(CN2Cc3ccc(C(=O)NCCC(=O)O)cc3C2=O)n1. The quantitative estimate of drug-likeness (QED) is 0.711. The van der Waals surface area contributed by atoms with E-state index in [1.807, 2.05) is 0 Å². The summed E-state index contributed by atoms with van der Waals surface area (Å²) >= 11 is 0. The molecule has 0 fully saturated rings. The number of aromatic nitrogens is 1. The molecule has 8 nitrogen and oxygen atoms in total. The van der Waals surface area contributed by atoms with Crippen molar-refractivity contribution in [3.63, 3.8) is 0 Å². The number of benzene rings is 1. The molecule has 4 N–H and O–H groups in total. The number of nitrogens with one attached hydrogen (secondary N) is 1. The van der Waals surface area contributed by atoms with E-state index < -0.39 is 11.9 Å². The molecule has 0 radical (unpaired) electrons. The number of amides is 2. The lowest BCUT2D eigenvalue weighted by atomic mass is 10.1. The number of hydrogen-bond acceptors (Lipinski definition) is 5. The standard InChI is InChI=1S/C18H18N4O4/c19-15-3-1-2-13(21-15)10-22-9-12-5-4-11(8-14(12)18(22)26)17(25)20-7-6-16(23)24/h1-5,8H,6-7,9-10H2,(H2,19,21)(H,20,25)(H,23,24). The van der Waals surface area contributed by atoms with Gasteiger partial charge in [0.1, 0.15) is 5.82 Å². The molecule has 134 valence electrons. The average molecular weight is 354 g/mol. The first kappa shape index (κ1) is 17.4. The molecule has 0 spiro atoms. The monoisotopic (exact) mass is 354 g/mol. The molecule has 8 heteroatoms. The predicted octanol–water partition coefficient (Wildman–Crippen LogP) is 1.02. The molecule has 0 bridgehead atoms. The summed E-state index contributed by atoms with van der Waals surface area (Å²) < 4.78 is 0. The number of carboxylic acid groups (broad SMARTS) is 1. The minimum Gasteiger partial charge on any atom is -0.481 e. The van der Waals surface area contributed by atoms with Gasteiger partial charge < -0.3 is 21.1 Å². The van der Waals surface area contributed by atoms with Gasteiger partial charge in [-0.2, -0.15) is 0 Å². The van der Waals surface area contributed by atoms with E-state index in [1.54, 1.807) is 41.3 Å². The number of fused-ring (bicyclic) bond motifs is 1. The fraction of sp³-hybridized carbons (Fsp3) is 0.222. The Bertz CT molecular complexity index is 881. The molecule has 2 amide bonds. The zero-order valence-corrected chi connectivity index (χ0v) is 13.9.